The van der Waals surface area contributed by atoms with Gasteiger partial charge in [-0.25, -0.2) is 4.79 Å². The van der Waals surface area contributed by atoms with Crippen molar-refractivity contribution in [2.24, 2.45) is 0 Å². The fourth-order valence-corrected chi connectivity index (χ4v) is 4.17. The van der Waals surface area contributed by atoms with Crippen molar-refractivity contribution >= 4 is 23.3 Å². The van der Waals surface area contributed by atoms with E-state index in [-0.39, 0.29) is 18.0 Å². The lowest BCUT2D eigenvalue weighted by Crippen LogP contribution is -2.45. The standard InChI is InChI=1S/C19H19N3O2S/c1-21-14-12-22(10-9-13-6-3-2-4-7-13)18(23)16(14)17(20-19(21)24)15-8-5-11-25-15/h2-8,11,17H,9-10,12H2,1H3,(H,20,24). The van der Waals surface area contributed by atoms with E-state index in [1.165, 1.54) is 5.56 Å². The van der Waals surface area contributed by atoms with Crippen LogP contribution in [0, 0.1) is 0 Å². The summed E-state index contributed by atoms with van der Waals surface area (Å²) in [7, 11) is 1.73. The van der Waals surface area contributed by atoms with E-state index in [0.717, 1.165) is 17.0 Å². The number of amides is 3. The van der Waals surface area contributed by atoms with E-state index in [1.807, 2.05) is 40.6 Å². The Morgan fingerprint density at radius 1 is 1.16 bits per heavy atom. The van der Waals surface area contributed by atoms with Crippen molar-refractivity contribution < 1.29 is 9.59 Å². The second-order valence-electron chi connectivity index (χ2n) is 6.28. The molecular formula is C19H19N3O2S. The van der Waals surface area contributed by atoms with Gasteiger partial charge in [0.2, 0.25) is 0 Å². The quantitative estimate of drug-likeness (QED) is 0.919. The van der Waals surface area contributed by atoms with Crippen LogP contribution < -0.4 is 5.32 Å². The van der Waals surface area contributed by atoms with Crippen LogP contribution in [0.3, 0.4) is 0 Å². The first-order valence-electron chi connectivity index (χ1n) is 8.29. The van der Waals surface area contributed by atoms with Crippen LogP contribution in [-0.4, -0.2) is 41.9 Å². The third-order valence-corrected chi connectivity index (χ3v) is 5.71. The highest BCUT2D eigenvalue weighted by molar-refractivity contribution is 7.10. The first-order chi connectivity index (χ1) is 12.1. The van der Waals surface area contributed by atoms with Crippen molar-refractivity contribution in [3.8, 4) is 0 Å². The van der Waals surface area contributed by atoms with Crippen molar-refractivity contribution in [1.29, 1.82) is 0 Å². The summed E-state index contributed by atoms with van der Waals surface area (Å²) in [6.07, 6.45) is 0.807. The monoisotopic (exact) mass is 353 g/mol. The lowest BCUT2D eigenvalue weighted by Gasteiger charge is -2.30. The molecule has 4 rings (SSSR count). The normalized spacial score (nSPS) is 20.1. The predicted octanol–water partition coefficient (Wildman–Crippen LogP) is 2.78. The van der Waals surface area contributed by atoms with Gasteiger partial charge in [-0.3, -0.25) is 9.69 Å². The molecule has 1 aromatic heterocycles. The number of rotatable bonds is 4. The molecule has 0 aliphatic carbocycles. The van der Waals surface area contributed by atoms with Crippen molar-refractivity contribution in [2.75, 3.05) is 20.1 Å². The fourth-order valence-electron chi connectivity index (χ4n) is 3.38. The molecule has 1 aromatic carbocycles. The van der Waals surface area contributed by atoms with E-state index in [4.69, 9.17) is 0 Å². The lowest BCUT2D eigenvalue weighted by molar-refractivity contribution is -0.125. The number of nitrogens with one attached hydrogen (secondary N) is 1. The number of nitrogens with zero attached hydrogens (tertiary/aromatic N) is 2. The molecule has 1 N–H and O–H groups in total. The van der Waals surface area contributed by atoms with Crippen molar-refractivity contribution in [3.63, 3.8) is 0 Å². The van der Waals surface area contributed by atoms with Crippen LogP contribution in [0.4, 0.5) is 4.79 Å². The van der Waals surface area contributed by atoms with Gasteiger partial charge in [-0.05, 0) is 23.4 Å². The number of thiophene rings is 1. The van der Waals surface area contributed by atoms with Crippen LogP contribution in [0.1, 0.15) is 16.5 Å². The summed E-state index contributed by atoms with van der Waals surface area (Å²) in [5.74, 6) is 0.0242. The summed E-state index contributed by atoms with van der Waals surface area (Å²) in [5.41, 5.74) is 2.73. The minimum atomic E-state index is -0.340. The maximum Gasteiger partial charge on any atom is 0.322 e. The lowest BCUT2D eigenvalue weighted by atomic mass is 10.0. The number of hydrogen-bond donors (Lipinski definition) is 1. The Balaban J connectivity index is 1.57. The van der Waals surface area contributed by atoms with Crippen molar-refractivity contribution in [3.05, 3.63) is 69.6 Å². The number of likely N-dealkylation sites (N-methyl/N-ethyl adjacent to an activating group) is 1. The van der Waals surface area contributed by atoms with Gasteiger partial charge in [0.15, 0.2) is 0 Å². The van der Waals surface area contributed by atoms with Gasteiger partial charge in [0.05, 0.1) is 23.9 Å². The Morgan fingerprint density at radius 2 is 1.96 bits per heavy atom. The van der Waals surface area contributed by atoms with E-state index in [2.05, 4.69) is 17.4 Å². The molecule has 0 saturated heterocycles. The number of benzene rings is 1. The van der Waals surface area contributed by atoms with Gasteiger partial charge in [-0.1, -0.05) is 36.4 Å². The maximum atomic E-state index is 13.0. The van der Waals surface area contributed by atoms with Gasteiger partial charge < -0.3 is 10.2 Å². The van der Waals surface area contributed by atoms with Crippen molar-refractivity contribution in [2.45, 2.75) is 12.5 Å². The van der Waals surface area contributed by atoms with E-state index in [0.29, 0.717) is 18.7 Å². The Bertz CT molecular complexity index is 830. The summed E-state index contributed by atoms with van der Waals surface area (Å²) in [6.45, 7) is 1.14. The summed E-state index contributed by atoms with van der Waals surface area (Å²) in [4.78, 5) is 29.7. The highest BCUT2D eigenvalue weighted by Crippen LogP contribution is 2.37. The molecule has 0 bridgehead atoms. The van der Waals surface area contributed by atoms with Gasteiger partial charge in [0.1, 0.15) is 0 Å². The largest absolute Gasteiger partial charge is 0.333 e. The molecule has 128 valence electrons. The molecule has 2 aliphatic rings. The van der Waals surface area contributed by atoms with Gasteiger partial charge in [-0.2, -0.15) is 0 Å². The minimum Gasteiger partial charge on any atom is -0.333 e. The molecule has 0 saturated carbocycles. The Hall–Kier alpha value is -2.60. The van der Waals surface area contributed by atoms with Crippen LogP contribution in [0.15, 0.2) is 59.1 Å². The molecular weight excluding hydrogens is 334 g/mol. The van der Waals surface area contributed by atoms with E-state index < -0.39 is 0 Å². The molecule has 0 radical (unpaired) electrons. The second kappa shape index (κ2) is 6.37. The second-order valence-corrected chi connectivity index (χ2v) is 7.26. The smallest absolute Gasteiger partial charge is 0.322 e. The van der Waals surface area contributed by atoms with Crippen LogP contribution >= 0.6 is 11.3 Å². The third-order valence-electron chi connectivity index (χ3n) is 4.78. The molecule has 1 unspecified atom stereocenters. The molecule has 3 heterocycles. The molecule has 2 aliphatic heterocycles. The van der Waals surface area contributed by atoms with Gasteiger partial charge in [0.25, 0.3) is 5.91 Å². The zero-order chi connectivity index (χ0) is 17.4. The molecule has 0 fully saturated rings. The Labute approximate surface area is 150 Å². The van der Waals surface area contributed by atoms with E-state index in [1.54, 1.807) is 23.3 Å². The zero-order valence-corrected chi connectivity index (χ0v) is 14.8. The molecule has 6 heteroatoms. The molecule has 2 aromatic rings. The first kappa shape index (κ1) is 15.9. The SMILES string of the molecule is CN1C(=O)NC(c2cccs2)C2=C1CN(CCc1ccccc1)C2=O. The Kier molecular flexibility index (Phi) is 4.05. The van der Waals surface area contributed by atoms with Gasteiger partial charge >= 0.3 is 6.03 Å². The average molecular weight is 353 g/mol. The zero-order valence-electron chi connectivity index (χ0n) is 13.9. The minimum absolute atomic E-state index is 0.0242. The topological polar surface area (TPSA) is 52.7 Å². The maximum absolute atomic E-state index is 13.0. The van der Waals surface area contributed by atoms with Gasteiger partial charge in [0, 0.05) is 18.5 Å². The number of hydrogen-bond acceptors (Lipinski definition) is 3. The molecule has 3 amide bonds. The molecule has 1 atom stereocenters. The summed E-state index contributed by atoms with van der Waals surface area (Å²) in [6, 6.07) is 13.5. The summed E-state index contributed by atoms with van der Waals surface area (Å²) in [5, 5.41) is 4.92. The highest BCUT2D eigenvalue weighted by Gasteiger charge is 2.42. The highest BCUT2D eigenvalue weighted by atomic mass is 32.1. The number of carbonyl (C=O) groups is 2. The number of carbonyl (C=O) groups excluding carboxylic acids is 2. The van der Waals surface area contributed by atoms with Crippen LogP contribution in [0.5, 0.6) is 0 Å². The van der Waals surface area contributed by atoms with E-state index >= 15 is 0 Å². The fraction of sp³-hybridized carbons (Fsp3) is 0.263. The van der Waals surface area contributed by atoms with Gasteiger partial charge in [-0.15, -0.1) is 11.3 Å². The van der Waals surface area contributed by atoms with Crippen LogP contribution in [0.2, 0.25) is 0 Å². The molecule has 0 spiro atoms. The average Bonchev–Trinajstić information content (AvgIpc) is 3.26. The van der Waals surface area contributed by atoms with Crippen molar-refractivity contribution in [1.82, 2.24) is 15.1 Å². The Morgan fingerprint density at radius 3 is 2.68 bits per heavy atom. The summed E-state index contributed by atoms with van der Waals surface area (Å²) < 4.78 is 0. The van der Waals surface area contributed by atoms with Crippen LogP contribution in [-0.2, 0) is 11.2 Å². The van der Waals surface area contributed by atoms with E-state index in [9.17, 15) is 9.59 Å². The third kappa shape index (κ3) is 2.82. The number of urea groups is 1. The van der Waals surface area contributed by atoms with Crippen LogP contribution in [0.25, 0.3) is 0 Å². The molecule has 25 heavy (non-hydrogen) atoms. The predicted molar refractivity (Wildman–Crippen MR) is 97.1 cm³/mol. The summed E-state index contributed by atoms with van der Waals surface area (Å²) >= 11 is 1.56. The first-order valence-corrected chi connectivity index (χ1v) is 9.17. The molecule has 5 nitrogen and oxygen atoms in total.